The maximum atomic E-state index is 6.14. The molecule has 2 N–H and O–H groups in total. The Morgan fingerprint density at radius 3 is 2.57 bits per heavy atom. The number of aromatic nitrogens is 1. The van der Waals surface area contributed by atoms with Gasteiger partial charge in [-0.05, 0) is 30.7 Å². The average Bonchev–Trinajstić information content (AvgIpc) is 2.47. The molecule has 0 radical (unpaired) electrons. The maximum Gasteiger partial charge on any atom is 0.0726 e. The first-order chi connectivity index (χ1) is 10.1. The van der Waals surface area contributed by atoms with Gasteiger partial charge in [-0.1, -0.05) is 36.4 Å². The third kappa shape index (κ3) is 2.68. The molecule has 0 amide bonds. The first-order valence-corrected chi connectivity index (χ1v) is 7.06. The molecule has 3 heteroatoms. The molecular weight excluding hydrogens is 258 g/mol. The Morgan fingerprint density at radius 2 is 1.76 bits per heavy atom. The van der Waals surface area contributed by atoms with E-state index in [4.69, 9.17) is 10.7 Å². The highest BCUT2D eigenvalue weighted by atomic mass is 15.1. The zero-order chi connectivity index (χ0) is 14.8. The Kier molecular flexibility index (Phi) is 3.48. The molecular formula is C18H19N3. The Balaban J connectivity index is 1.93. The minimum absolute atomic E-state index is 0.736. The molecule has 106 valence electrons. The van der Waals surface area contributed by atoms with Crippen molar-refractivity contribution >= 4 is 22.3 Å². The molecule has 1 aromatic heterocycles. The van der Waals surface area contributed by atoms with Crippen molar-refractivity contribution in [1.29, 1.82) is 0 Å². The van der Waals surface area contributed by atoms with Crippen LogP contribution in [0.5, 0.6) is 0 Å². The molecule has 2 aromatic carbocycles. The SMILES string of the molecule is Cc1ccccc1N(C)Cc1cc(N)c2ccccc2n1. The number of rotatable bonds is 3. The van der Waals surface area contributed by atoms with Crippen LogP contribution in [0.3, 0.4) is 0 Å². The van der Waals surface area contributed by atoms with Crippen molar-refractivity contribution < 1.29 is 0 Å². The summed E-state index contributed by atoms with van der Waals surface area (Å²) in [5.41, 5.74) is 11.3. The van der Waals surface area contributed by atoms with Crippen molar-refractivity contribution in [2.75, 3.05) is 17.7 Å². The summed E-state index contributed by atoms with van der Waals surface area (Å²) in [4.78, 5) is 6.91. The smallest absolute Gasteiger partial charge is 0.0726 e. The lowest BCUT2D eigenvalue weighted by molar-refractivity contribution is 0.888. The van der Waals surface area contributed by atoms with Crippen LogP contribution in [0.15, 0.2) is 54.6 Å². The Hall–Kier alpha value is -2.55. The van der Waals surface area contributed by atoms with Crippen molar-refractivity contribution in [3.63, 3.8) is 0 Å². The van der Waals surface area contributed by atoms with E-state index in [0.29, 0.717) is 0 Å². The van der Waals surface area contributed by atoms with Crippen LogP contribution in [-0.2, 0) is 6.54 Å². The Labute approximate surface area is 125 Å². The van der Waals surface area contributed by atoms with Crippen LogP contribution in [-0.4, -0.2) is 12.0 Å². The normalized spacial score (nSPS) is 10.8. The number of pyridine rings is 1. The molecule has 0 aliphatic carbocycles. The molecule has 0 spiro atoms. The predicted octanol–water partition coefficient (Wildman–Crippen LogP) is 3.76. The van der Waals surface area contributed by atoms with E-state index in [0.717, 1.165) is 28.8 Å². The minimum Gasteiger partial charge on any atom is -0.398 e. The topological polar surface area (TPSA) is 42.1 Å². The highest BCUT2D eigenvalue weighted by Gasteiger charge is 2.08. The summed E-state index contributed by atoms with van der Waals surface area (Å²) in [5, 5.41) is 1.01. The summed E-state index contributed by atoms with van der Waals surface area (Å²) >= 11 is 0. The quantitative estimate of drug-likeness (QED) is 0.792. The summed E-state index contributed by atoms with van der Waals surface area (Å²) in [6, 6.07) is 18.3. The second-order valence-corrected chi connectivity index (χ2v) is 5.36. The van der Waals surface area contributed by atoms with Gasteiger partial charge in [0.2, 0.25) is 0 Å². The zero-order valence-electron chi connectivity index (χ0n) is 12.4. The molecule has 0 aliphatic rings. The summed E-state index contributed by atoms with van der Waals surface area (Å²) in [6.07, 6.45) is 0. The maximum absolute atomic E-state index is 6.14. The monoisotopic (exact) mass is 277 g/mol. The van der Waals surface area contributed by atoms with E-state index in [9.17, 15) is 0 Å². The van der Waals surface area contributed by atoms with Crippen LogP contribution in [0.25, 0.3) is 10.9 Å². The van der Waals surface area contributed by atoms with Gasteiger partial charge in [-0.15, -0.1) is 0 Å². The van der Waals surface area contributed by atoms with Gasteiger partial charge in [-0.25, -0.2) is 0 Å². The van der Waals surface area contributed by atoms with Crippen molar-refractivity contribution in [1.82, 2.24) is 4.98 Å². The van der Waals surface area contributed by atoms with Gasteiger partial charge >= 0.3 is 0 Å². The van der Waals surface area contributed by atoms with E-state index >= 15 is 0 Å². The summed E-state index contributed by atoms with van der Waals surface area (Å²) in [6.45, 7) is 2.86. The fraction of sp³-hybridized carbons (Fsp3) is 0.167. The van der Waals surface area contributed by atoms with E-state index in [1.807, 2.05) is 30.3 Å². The molecule has 0 saturated heterocycles. The zero-order valence-corrected chi connectivity index (χ0v) is 12.4. The van der Waals surface area contributed by atoms with Crippen LogP contribution in [0, 0.1) is 6.92 Å². The van der Waals surface area contributed by atoms with Crippen molar-refractivity contribution in [2.24, 2.45) is 0 Å². The predicted molar refractivity (Wildman–Crippen MR) is 89.4 cm³/mol. The van der Waals surface area contributed by atoms with Gasteiger partial charge in [-0.2, -0.15) is 0 Å². The van der Waals surface area contributed by atoms with E-state index in [1.54, 1.807) is 0 Å². The number of nitrogens with zero attached hydrogens (tertiary/aromatic N) is 2. The number of para-hydroxylation sites is 2. The number of nitrogens with two attached hydrogens (primary N) is 1. The molecule has 0 aliphatic heterocycles. The second-order valence-electron chi connectivity index (χ2n) is 5.36. The first-order valence-electron chi connectivity index (χ1n) is 7.06. The third-order valence-electron chi connectivity index (χ3n) is 3.73. The molecule has 0 saturated carbocycles. The number of hydrogen-bond acceptors (Lipinski definition) is 3. The molecule has 0 fully saturated rings. The number of fused-ring (bicyclic) bond motifs is 1. The lowest BCUT2D eigenvalue weighted by Crippen LogP contribution is -2.18. The second kappa shape index (κ2) is 5.44. The van der Waals surface area contributed by atoms with Crippen LogP contribution in [0.2, 0.25) is 0 Å². The number of nitrogen functional groups attached to an aromatic ring is 1. The molecule has 3 rings (SSSR count). The van der Waals surface area contributed by atoms with E-state index in [-0.39, 0.29) is 0 Å². The highest BCUT2D eigenvalue weighted by molar-refractivity contribution is 5.90. The number of hydrogen-bond donors (Lipinski definition) is 1. The number of benzene rings is 2. The van der Waals surface area contributed by atoms with E-state index in [2.05, 4.69) is 43.1 Å². The number of aryl methyl sites for hydroxylation is 1. The van der Waals surface area contributed by atoms with Crippen molar-refractivity contribution in [3.05, 3.63) is 65.9 Å². The average molecular weight is 277 g/mol. The van der Waals surface area contributed by atoms with Crippen LogP contribution in [0.4, 0.5) is 11.4 Å². The third-order valence-corrected chi connectivity index (χ3v) is 3.73. The van der Waals surface area contributed by atoms with Gasteiger partial charge < -0.3 is 10.6 Å². The molecule has 1 heterocycles. The summed E-state index contributed by atoms with van der Waals surface area (Å²) in [5.74, 6) is 0. The first kappa shape index (κ1) is 13.4. The van der Waals surface area contributed by atoms with Crippen LogP contribution < -0.4 is 10.6 Å². The van der Waals surface area contributed by atoms with Crippen molar-refractivity contribution in [3.8, 4) is 0 Å². The van der Waals surface area contributed by atoms with Crippen LogP contribution in [0.1, 0.15) is 11.3 Å². The van der Waals surface area contributed by atoms with Crippen LogP contribution >= 0.6 is 0 Å². The standard InChI is InChI=1S/C18H19N3/c1-13-7-3-6-10-18(13)21(2)12-14-11-16(19)15-8-4-5-9-17(15)20-14/h3-11H,12H2,1-2H3,(H2,19,20). The van der Waals surface area contributed by atoms with Gasteiger partial charge in [0, 0.05) is 23.8 Å². The minimum atomic E-state index is 0.736. The van der Waals surface area contributed by atoms with Gasteiger partial charge in [-0.3, -0.25) is 4.98 Å². The van der Waals surface area contributed by atoms with Crippen molar-refractivity contribution in [2.45, 2.75) is 13.5 Å². The lowest BCUT2D eigenvalue weighted by atomic mass is 10.1. The summed E-state index contributed by atoms with van der Waals surface area (Å²) < 4.78 is 0. The van der Waals surface area contributed by atoms with Gasteiger partial charge in [0.05, 0.1) is 17.8 Å². The van der Waals surface area contributed by atoms with E-state index in [1.165, 1.54) is 11.3 Å². The Morgan fingerprint density at radius 1 is 1.05 bits per heavy atom. The number of anilines is 2. The molecule has 0 bridgehead atoms. The largest absolute Gasteiger partial charge is 0.398 e. The summed E-state index contributed by atoms with van der Waals surface area (Å²) in [7, 11) is 2.08. The molecule has 21 heavy (non-hydrogen) atoms. The van der Waals surface area contributed by atoms with Gasteiger partial charge in [0.15, 0.2) is 0 Å². The highest BCUT2D eigenvalue weighted by Crippen LogP contribution is 2.23. The fourth-order valence-corrected chi connectivity index (χ4v) is 2.66. The molecule has 3 aromatic rings. The van der Waals surface area contributed by atoms with Gasteiger partial charge in [0.25, 0.3) is 0 Å². The molecule has 0 atom stereocenters. The molecule has 0 unspecified atom stereocenters. The van der Waals surface area contributed by atoms with Gasteiger partial charge in [0.1, 0.15) is 0 Å². The molecule has 3 nitrogen and oxygen atoms in total. The fourth-order valence-electron chi connectivity index (χ4n) is 2.66. The lowest BCUT2D eigenvalue weighted by Gasteiger charge is -2.21. The Bertz CT molecular complexity index is 780. The van der Waals surface area contributed by atoms with E-state index < -0.39 is 0 Å².